The Hall–Kier alpha value is -4.26. The number of methoxy groups -OCH3 is 2. The van der Waals surface area contributed by atoms with Crippen molar-refractivity contribution in [3.63, 3.8) is 0 Å². The van der Waals surface area contributed by atoms with Crippen LogP contribution in [-0.2, 0) is 12.6 Å². The molecule has 0 spiro atoms. The van der Waals surface area contributed by atoms with E-state index in [0.29, 0.717) is 41.2 Å². The third-order valence-corrected chi connectivity index (χ3v) is 6.90. The maximum atomic E-state index is 13.8. The number of rotatable bonds is 5. The standard InChI is InChI=1S/C31H26F3NO3/c1-37-27-18-23-15-16-35(30(36)22-13-11-21(12-14-22)20-7-4-3-5-8-20)29(26(23)19-28(27)38-2)24-9-6-10-25(17-24)31(32,33)34/h3-14,17-19,29H,15-16H2,1-2H3/t29-/m1/s1. The average molecular weight is 518 g/mol. The summed E-state index contributed by atoms with van der Waals surface area (Å²) in [6.07, 6.45) is -3.98. The van der Waals surface area contributed by atoms with Crippen LogP contribution < -0.4 is 9.47 Å². The molecule has 0 saturated heterocycles. The Labute approximate surface area is 219 Å². The van der Waals surface area contributed by atoms with Crippen LogP contribution in [0.25, 0.3) is 11.1 Å². The van der Waals surface area contributed by atoms with E-state index in [1.54, 1.807) is 29.2 Å². The number of alkyl halides is 3. The minimum absolute atomic E-state index is 0.257. The van der Waals surface area contributed by atoms with Gasteiger partial charge in [0.2, 0.25) is 0 Å². The predicted molar refractivity (Wildman–Crippen MR) is 139 cm³/mol. The zero-order valence-corrected chi connectivity index (χ0v) is 21.0. The maximum absolute atomic E-state index is 13.8. The summed E-state index contributed by atoms with van der Waals surface area (Å²) in [7, 11) is 3.04. The Kier molecular flexibility index (Phi) is 6.85. The summed E-state index contributed by atoms with van der Waals surface area (Å²) in [5.41, 5.74) is 3.68. The van der Waals surface area contributed by atoms with Gasteiger partial charge in [0.05, 0.1) is 25.8 Å². The molecule has 0 aliphatic carbocycles. The van der Waals surface area contributed by atoms with Gasteiger partial charge in [-0.05, 0) is 70.6 Å². The Bertz CT molecular complexity index is 1450. The molecule has 1 aliphatic rings. The lowest BCUT2D eigenvalue weighted by molar-refractivity contribution is -0.137. The van der Waals surface area contributed by atoms with Crippen molar-refractivity contribution in [3.05, 3.63) is 119 Å². The first-order valence-corrected chi connectivity index (χ1v) is 12.2. The van der Waals surface area contributed by atoms with Crippen LogP contribution in [0, 0.1) is 0 Å². The summed E-state index contributed by atoms with van der Waals surface area (Å²) in [6.45, 7) is 0.336. The lowest BCUT2D eigenvalue weighted by Gasteiger charge is -2.38. The number of ether oxygens (including phenoxy) is 2. The van der Waals surface area contributed by atoms with E-state index in [4.69, 9.17) is 9.47 Å². The molecule has 7 heteroatoms. The van der Waals surface area contributed by atoms with Crippen LogP contribution in [0.5, 0.6) is 11.5 Å². The van der Waals surface area contributed by atoms with Crippen LogP contribution in [0.1, 0.15) is 38.7 Å². The van der Waals surface area contributed by atoms with E-state index in [2.05, 4.69) is 0 Å². The van der Waals surface area contributed by atoms with Crippen molar-refractivity contribution in [2.45, 2.75) is 18.6 Å². The first-order chi connectivity index (χ1) is 18.3. The summed E-state index contributed by atoms with van der Waals surface area (Å²) in [6, 6.07) is 25.1. The second-order valence-corrected chi connectivity index (χ2v) is 9.12. The lowest BCUT2D eigenvalue weighted by Crippen LogP contribution is -2.40. The molecule has 0 saturated carbocycles. The van der Waals surface area contributed by atoms with Gasteiger partial charge in [-0.2, -0.15) is 13.2 Å². The normalized spacial score (nSPS) is 15.1. The monoisotopic (exact) mass is 517 g/mol. The number of nitrogens with zero attached hydrogens (tertiary/aromatic N) is 1. The van der Waals surface area contributed by atoms with Gasteiger partial charge >= 0.3 is 6.18 Å². The Morgan fingerprint density at radius 2 is 1.47 bits per heavy atom. The molecule has 0 fully saturated rings. The largest absolute Gasteiger partial charge is 0.493 e. The highest BCUT2D eigenvalue weighted by Gasteiger charge is 2.36. The van der Waals surface area contributed by atoms with E-state index in [1.807, 2.05) is 48.5 Å². The quantitative estimate of drug-likeness (QED) is 0.282. The number of hydrogen-bond acceptors (Lipinski definition) is 3. The third-order valence-electron chi connectivity index (χ3n) is 6.90. The molecule has 38 heavy (non-hydrogen) atoms. The first kappa shape index (κ1) is 25.4. The van der Waals surface area contributed by atoms with Crippen molar-refractivity contribution in [2.24, 2.45) is 0 Å². The minimum Gasteiger partial charge on any atom is -0.493 e. The molecule has 1 heterocycles. The Balaban J connectivity index is 1.58. The number of amides is 1. The van der Waals surface area contributed by atoms with Gasteiger partial charge in [0.1, 0.15) is 0 Å². The molecule has 4 nitrogen and oxygen atoms in total. The number of carbonyl (C=O) groups excluding carboxylic acids is 1. The van der Waals surface area contributed by atoms with Gasteiger partial charge in [-0.25, -0.2) is 0 Å². The van der Waals surface area contributed by atoms with E-state index in [-0.39, 0.29) is 5.91 Å². The average Bonchev–Trinajstić information content (AvgIpc) is 2.95. The van der Waals surface area contributed by atoms with Gasteiger partial charge in [-0.15, -0.1) is 0 Å². The Morgan fingerprint density at radius 1 is 0.816 bits per heavy atom. The van der Waals surface area contributed by atoms with Crippen molar-refractivity contribution in [3.8, 4) is 22.6 Å². The van der Waals surface area contributed by atoms with Gasteiger partial charge in [-0.1, -0.05) is 54.6 Å². The molecule has 0 aromatic heterocycles. The smallest absolute Gasteiger partial charge is 0.416 e. The van der Waals surface area contributed by atoms with Gasteiger partial charge < -0.3 is 14.4 Å². The molecule has 5 rings (SSSR count). The molecule has 4 aromatic carbocycles. The van der Waals surface area contributed by atoms with Crippen molar-refractivity contribution >= 4 is 5.91 Å². The molecule has 1 amide bonds. The predicted octanol–water partition coefficient (Wildman–Crippen LogP) is 7.18. The Morgan fingerprint density at radius 3 is 2.13 bits per heavy atom. The number of carbonyl (C=O) groups is 1. The zero-order valence-electron chi connectivity index (χ0n) is 21.0. The fourth-order valence-electron chi connectivity index (χ4n) is 5.01. The van der Waals surface area contributed by atoms with E-state index in [1.165, 1.54) is 20.3 Å². The van der Waals surface area contributed by atoms with Crippen LogP contribution in [-0.4, -0.2) is 31.6 Å². The maximum Gasteiger partial charge on any atom is 0.416 e. The first-order valence-electron chi connectivity index (χ1n) is 12.2. The lowest BCUT2D eigenvalue weighted by atomic mass is 9.86. The highest BCUT2D eigenvalue weighted by atomic mass is 19.4. The highest BCUT2D eigenvalue weighted by Crippen LogP contribution is 2.42. The van der Waals surface area contributed by atoms with Gasteiger partial charge in [0.25, 0.3) is 5.91 Å². The summed E-state index contributed by atoms with van der Waals surface area (Å²) in [5.74, 6) is 0.725. The number of benzene rings is 4. The fourth-order valence-corrected chi connectivity index (χ4v) is 5.01. The minimum atomic E-state index is -4.51. The van der Waals surface area contributed by atoms with Crippen LogP contribution >= 0.6 is 0 Å². The number of hydrogen-bond donors (Lipinski definition) is 0. The summed E-state index contributed by atoms with van der Waals surface area (Å²) in [4.78, 5) is 15.5. The molecule has 0 radical (unpaired) electrons. The molecule has 0 bridgehead atoms. The second kappa shape index (κ2) is 10.2. The molecule has 0 N–H and O–H groups in total. The molecule has 4 aromatic rings. The van der Waals surface area contributed by atoms with Crippen molar-refractivity contribution in [1.82, 2.24) is 4.90 Å². The molecule has 0 unspecified atom stereocenters. The molecule has 1 aliphatic heterocycles. The number of halogens is 3. The van der Waals surface area contributed by atoms with E-state index < -0.39 is 17.8 Å². The molecule has 1 atom stereocenters. The van der Waals surface area contributed by atoms with E-state index in [9.17, 15) is 18.0 Å². The van der Waals surface area contributed by atoms with Gasteiger partial charge in [-0.3, -0.25) is 4.79 Å². The second-order valence-electron chi connectivity index (χ2n) is 9.12. The summed E-state index contributed by atoms with van der Waals surface area (Å²) >= 11 is 0. The topological polar surface area (TPSA) is 38.8 Å². The molecule has 194 valence electrons. The molecular formula is C31H26F3NO3. The molecular weight excluding hydrogens is 491 g/mol. The summed E-state index contributed by atoms with van der Waals surface area (Å²) < 4.78 is 51.8. The van der Waals surface area contributed by atoms with Crippen molar-refractivity contribution < 1.29 is 27.4 Å². The van der Waals surface area contributed by atoms with Crippen LogP contribution in [0.3, 0.4) is 0 Å². The fraction of sp³-hybridized carbons (Fsp3) is 0.194. The summed E-state index contributed by atoms with van der Waals surface area (Å²) in [5, 5.41) is 0. The third kappa shape index (κ3) is 4.84. The van der Waals surface area contributed by atoms with Gasteiger partial charge in [0, 0.05) is 12.1 Å². The zero-order chi connectivity index (χ0) is 26.9. The van der Waals surface area contributed by atoms with Crippen LogP contribution in [0.4, 0.5) is 13.2 Å². The SMILES string of the molecule is COc1cc2c(cc1OC)[C@@H](c1cccc(C(F)(F)F)c1)N(C(=O)c1ccc(-c3ccccc3)cc1)CC2. The number of fused-ring (bicyclic) bond motifs is 1. The van der Waals surface area contributed by atoms with Crippen LogP contribution in [0.2, 0.25) is 0 Å². The van der Waals surface area contributed by atoms with Crippen molar-refractivity contribution in [1.29, 1.82) is 0 Å². The highest BCUT2D eigenvalue weighted by molar-refractivity contribution is 5.95. The van der Waals surface area contributed by atoms with Gasteiger partial charge in [0.15, 0.2) is 11.5 Å². The van der Waals surface area contributed by atoms with Crippen LogP contribution in [0.15, 0.2) is 91.0 Å². The van der Waals surface area contributed by atoms with E-state index >= 15 is 0 Å². The van der Waals surface area contributed by atoms with E-state index in [0.717, 1.165) is 28.8 Å². The van der Waals surface area contributed by atoms with Crippen molar-refractivity contribution in [2.75, 3.05) is 20.8 Å².